The number of benzene rings is 2. The number of carbonyl (C=O) groups excluding carboxylic acids is 1. The Morgan fingerprint density at radius 3 is 2.48 bits per heavy atom. The number of phenolic OH excluding ortho intramolecular Hbond substituents is 1. The predicted molar refractivity (Wildman–Crippen MR) is 110 cm³/mol. The van der Waals surface area contributed by atoms with Crippen molar-refractivity contribution >= 4 is 11.9 Å². The lowest BCUT2D eigenvalue weighted by molar-refractivity contribution is -0.914. The van der Waals surface area contributed by atoms with Crippen LogP contribution in [0.5, 0.6) is 11.5 Å². The van der Waals surface area contributed by atoms with Crippen LogP contribution >= 0.6 is 0 Å². The molecule has 0 unspecified atom stereocenters. The summed E-state index contributed by atoms with van der Waals surface area (Å²) < 4.78 is 16.4. The van der Waals surface area contributed by atoms with E-state index in [4.69, 9.17) is 14.2 Å². The molecule has 0 saturated carbocycles. The van der Waals surface area contributed by atoms with Gasteiger partial charge in [-0.05, 0) is 30.7 Å². The fourth-order valence-corrected chi connectivity index (χ4v) is 3.42. The Hall–Kier alpha value is -2.67. The van der Waals surface area contributed by atoms with Crippen molar-refractivity contribution in [2.24, 2.45) is 0 Å². The Morgan fingerprint density at radius 1 is 1.10 bits per heavy atom. The van der Waals surface area contributed by atoms with E-state index in [0.717, 1.165) is 24.2 Å². The van der Waals surface area contributed by atoms with Crippen molar-refractivity contribution in [1.82, 2.24) is 0 Å². The number of methoxy groups -OCH3 is 2. The van der Waals surface area contributed by atoms with Gasteiger partial charge < -0.3 is 24.2 Å². The molecule has 1 aliphatic heterocycles. The molecule has 0 spiro atoms. The first-order chi connectivity index (χ1) is 14.0. The van der Waals surface area contributed by atoms with Gasteiger partial charge in [0.05, 0.1) is 24.3 Å². The molecule has 0 amide bonds. The molecule has 1 aliphatic rings. The van der Waals surface area contributed by atoms with Crippen molar-refractivity contribution in [3.63, 3.8) is 0 Å². The maximum absolute atomic E-state index is 12.9. The Bertz CT molecular complexity index is 898. The number of phenols is 1. The molecule has 2 aromatic rings. The number of allylic oxidation sites excluding steroid dienone is 1. The Kier molecular flexibility index (Phi) is 7.04. The number of Topliss-reactive ketones (excluding diaryl/α,β-unsaturated/α-hetero) is 1. The van der Waals surface area contributed by atoms with E-state index in [-0.39, 0.29) is 17.3 Å². The lowest BCUT2D eigenvalue weighted by Crippen LogP contribution is -3.11. The smallest absolute Gasteiger partial charge is 0.231 e. The first kappa shape index (κ1) is 21.0. The van der Waals surface area contributed by atoms with Gasteiger partial charge in [0.25, 0.3) is 0 Å². The molecule has 0 saturated heterocycles. The fraction of sp³-hybridized carbons (Fsp3) is 0.348. The monoisotopic (exact) mass is 398 g/mol. The normalized spacial score (nSPS) is 14.5. The summed E-state index contributed by atoms with van der Waals surface area (Å²) in [5, 5.41) is 10.5. The predicted octanol–water partition coefficient (Wildman–Crippen LogP) is 1.99. The highest BCUT2D eigenvalue weighted by molar-refractivity contribution is 6.14. The van der Waals surface area contributed by atoms with Crippen molar-refractivity contribution in [1.29, 1.82) is 0 Å². The minimum absolute atomic E-state index is 0.126. The standard InChI is InChI=1S/C23H27NO5/c1-16-5-4-6-17(13-16)14-21-22(26)18-7-8-20(25)19(23(18)29-21)15-24(9-11-27-2)10-12-28-3/h4-8,13-14,25H,9-12,15H2,1-3H3/p+1/b21-14-. The van der Waals surface area contributed by atoms with Crippen LogP contribution < -0.4 is 9.64 Å². The van der Waals surface area contributed by atoms with Gasteiger partial charge in [-0.15, -0.1) is 0 Å². The van der Waals surface area contributed by atoms with E-state index in [0.29, 0.717) is 36.6 Å². The number of aryl methyl sites for hydroxylation is 1. The molecule has 0 aliphatic carbocycles. The molecule has 0 fully saturated rings. The average Bonchev–Trinajstić information content (AvgIpc) is 3.01. The third-order valence-corrected chi connectivity index (χ3v) is 5.00. The van der Waals surface area contributed by atoms with Crippen molar-refractivity contribution in [3.8, 4) is 11.5 Å². The molecular weight excluding hydrogens is 370 g/mol. The van der Waals surface area contributed by atoms with E-state index in [1.54, 1.807) is 32.4 Å². The van der Waals surface area contributed by atoms with Crippen LogP contribution in [0, 0.1) is 6.92 Å². The van der Waals surface area contributed by atoms with Crippen LogP contribution in [0.2, 0.25) is 0 Å². The Balaban J connectivity index is 1.89. The summed E-state index contributed by atoms with van der Waals surface area (Å²) >= 11 is 0. The van der Waals surface area contributed by atoms with Crippen molar-refractivity contribution in [2.45, 2.75) is 13.5 Å². The number of carbonyl (C=O) groups is 1. The van der Waals surface area contributed by atoms with E-state index >= 15 is 0 Å². The maximum atomic E-state index is 12.9. The van der Waals surface area contributed by atoms with Gasteiger partial charge in [-0.3, -0.25) is 4.79 Å². The summed E-state index contributed by atoms with van der Waals surface area (Å²) in [4.78, 5) is 14.0. The molecule has 2 aromatic carbocycles. The number of ether oxygens (including phenoxy) is 3. The summed E-state index contributed by atoms with van der Waals surface area (Å²) in [5.74, 6) is 0.674. The molecular formula is C23H28NO5+. The lowest BCUT2D eigenvalue weighted by atomic mass is 10.0. The minimum Gasteiger partial charge on any atom is -0.507 e. The van der Waals surface area contributed by atoms with E-state index in [9.17, 15) is 9.90 Å². The van der Waals surface area contributed by atoms with E-state index in [1.807, 2.05) is 31.2 Å². The van der Waals surface area contributed by atoms with Crippen molar-refractivity contribution < 1.29 is 29.0 Å². The zero-order valence-corrected chi connectivity index (χ0v) is 17.2. The van der Waals surface area contributed by atoms with Crippen molar-refractivity contribution in [2.75, 3.05) is 40.5 Å². The molecule has 0 bridgehead atoms. The molecule has 154 valence electrons. The topological polar surface area (TPSA) is 69.4 Å². The van der Waals surface area contributed by atoms with Crippen LogP contribution in [0.4, 0.5) is 0 Å². The van der Waals surface area contributed by atoms with Crippen LogP contribution in [0.25, 0.3) is 6.08 Å². The Labute approximate surface area is 171 Å². The number of hydrogen-bond acceptors (Lipinski definition) is 5. The van der Waals surface area contributed by atoms with Gasteiger partial charge in [-0.25, -0.2) is 0 Å². The third-order valence-electron chi connectivity index (χ3n) is 5.00. The average molecular weight is 398 g/mol. The lowest BCUT2D eigenvalue weighted by Gasteiger charge is -2.20. The molecule has 0 aromatic heterocycles. The molecule has 29 heavy (non-hydrogen) atoms. The largest absolute Gasteiger partial charge is 0.507 e. The second-order valence-electron chi connectivity index (χ2n) is 7.21. The highest BCUT2D eigenvalue weighted by Crippen LogP contribution is 2.39. The van der Waals surface area contributed by atoms with Crippen LogP contribution in [0.3, 0.4) is 0 Å². The molecule has 6 nitrogen and oxygen atoms in total. The molecule has 1 heterocycles. The second kappa shape index (κ2) is 9.69. The number of rotatable bonds is 9. The number of quaternary nitrogens is 1. The number of aromatic hydroxyl groups is 1. The van der Waals surface area contributed by atoms with Gasteiger partial charge in [0.1, 0.15) is 25.4 Å². The van der Waals surface area contributed by atoms with Crippen LogP contribution in [0.15, 0.2) is 42.2 Å². The van der Waals surface area contributed by atoms with Gasteiger partial charge in [-0.1, -0.05) is 29.8 Å². The second-order valence-corrected chi connectivity index (χ2v) is 7.21. The van der Waals surface area contributed by atoms with Gasteiger partial charge in [0, 0.05) is 14.2 Å². The van der Waals surface area contributed by atoms with Gasteiger partial charge in [0.15, 0.2) is 11.5 Å². The quantitative estimate of drug-likeness (QED) is 0.633. The maximum Gasteiger partial charge on any atom is 0.231 e. The summed E-state index contributed by atoms with van der Waals surface area (Å²) in [6, 6.07) is 11.1. The summed E-state index contributed by atoms with van der Waals surface area (Å²) in [6.07, 6.45) is 1.75. The van der Waals surface area contributed by atoms with Gasteiger partial charge >= 0.3 is 0 Å². The zero-order chi connectivity index (χ0) is 20.8. The number of hydrogen-bond donors (Lipinski definition) is 2. The van der Waals surface area contributed by atoms with Crippen LogP contribution in [-0.4, -0.2) is 51.4 Å². The van der Waals surface area contributed by atoms with Crippen LogP contribution in [0.1, 0.15) is 27.0 Å². The SMILES string of the molecule is COCC[NH+](CCOC)Cc1c(O)ccc2c1O/C(=C\c1cccc(C)c1)C2=O. The van der Waals surface area contributed by atoms with E-state index in [1.165, 1.54) is 4.90 Å². The molecule has 0 radical (unpaired) electrons. The van der Waals surface area contributed by atoms with Crippen LogP contribution in [-0.2, 0) is 16.0 Å². The highest BCUT2D eigenvalue weighted by Gasteiger charge is 2.32. The van der Waals surface area contributed by atoms with Gasteiger partial charge in [-0.2, -0.15) is 0 Å². The summed E-state index contributed by atoms with van der Waals surface area (Å²) in [7, 11) is 3.32. The van der Waals surface area contributed by atoms with E-state index < -0.39 is 0 Å². The highest BCUT2D eigenvalue weighted by atomic mass is 16.5. The Morgan fingerprint density at radius 2 is 1.83 bits per heavy atom. The number of ketones is 1. The fourth-order valence-electron chi connectivity index (χ4n) is 3.42. The molecule has 0 atom stereocenters. The van der Waals surface area contributed by atoms with Crippen molar-refractivity contribution in [3.05, 3.63) is 64.4 Å². The van der Waals surface area contributed by atoms with E-state index in [2.05, 4.69) is 0 Å². The minimum atomic E-state index is -0.168. The number of nitrogens with one attached hydrogen (secondary N) is 1. The molecule has 2 N–H and O–H groups in total. The first-order valence-corrected chi connectivity index (χ1v) is 9.70. The zero-order valence-electron chi connectivity index (χ0n) is 17.2. The number of fused-ring (bicyclic) bond motifs is 1. The third kappa shape index (κ3) is 5.03. The molecule has 6 heteroatoms. The summed E-state index contributed by atoms with van der Waals surface area (Å²) in [5.41, 5.74) is 3.12. The van der Waals surface area contributed by atoms with Gasteiger partial charge in [0.2, 0.25) is 5.78 Å². The first-order valence-electron chi connectivity index (χ1n) is 9.70. The molecule has 3 rings (SSSR count). The summed E-state index contributed by atoms with van der Waals surface area (Å²) in [6.45, 7) is 5.19.